The monoisotopic (exact) mass is 261 g/mol. The van der Waals surface area contributed by atoms with E-state index in [1.165, 1.54) is 32.1 Å². The molecule has 0 saturated heterocycles. The van der Waals surface area contributed by atoms with Gasteiger partial charge in [-0.3, -0.25) is 0 Å². The first-order valence-electron chi connectivity index (χ1n) is 6.50. The van der Waals surface area contributed by atoms with E-state index < -0.39 is 6.03 Å². The Kier molecular flexibility index (Phi) is 3.10. The van der Waals surface area contributed by atoms with Crippen molar-refractivity contribution in [3.8, 4) is 5.88 Å². The molecular formula is C12H15N5O2. The third kappa shape index (κ3) is 2.54. The molecule has 0 unspecified atom stereocenters. The summed E-state index contributed by atoms with van der Waals surface area (Å²) in [7, 11) is 0. The van der Waals surface area contributed by atoms with Crippen LogP contribution in [0.4, 0.5) is 10.7 Å². The fourth-order valence-electron chi connectivity index (χ4n) is 2.48. The predicted octanol–water partition coefficient (Wildman–Crippen LogP) is 0.391. The van der Waals surface area contributed by atoms with Crippen LogP contribution in [0, 0.1) is 5.92 Å². The highest BCUT2D eigenvalue weighted by Gasteiger charge is 2.18. The number of rotatable bonds is 3. The first-order valence-corrected chi connectivity index (χ1v) is 6.50. The summed E-state index contributed by atoms with van der Waals surface area (Å²) in [6, 6.07) is -0.586. The quantitative estimate of drug-likeness (QED) is 0.847. The average Bonchev–Trinajstić information content (AvgIpc) is 2.77. The second-order valence-corrected chi connectivity index (χ2v) is 4.88. The van der Waals surface area contributed by atoms with Gasteiger partial charge in [0.05, 0.1) is 6.61 Å². The zero-order valence-electron chi connectivity index (χ0n) is 10.5. The lowest BCUT2D eigenvalue weighted by Gasteiger charge is -2.21. The molecule has 1 aliphatic carbocycles. The fraction of sp³-hybridized carbons (Fsp3) is 0.583. The van der Waals surface area contributed by atoms with Crippen LogP contribution in [0.15, 0.2) is 9.98 Å². The summed E-state index contributed by atoms with van der Waals surface area (Å²) in [5.41, 5.74) is 5.78. The van der Waals surface area contributed by atoms with E-state index in [1.807, 2.05) is 0 Å². The van der Waals surface area contributed by atoms with Crippen LogP contribution < -0.4 is 21.3 Å². The van der Waals surface area contributed by atoms with E-state index in [4.69, 9.17) is 10.5 Å². The lowest BCUT2D eigenvalue weighted by molar-refractivity contribution is 0.200. The van der Waals surface area contributed by atoms with Crippen molar-refractivity contribution in [1.82, 2.24) is 9.97 Å². The number of nitrogens with zero attached hydrogens (tertiary/aromatic N) is 4. The van der Waals surface area contributed by atoms with Crippen molar-refractivity contribution in [2.24, 2.45) is 15.9 Å². The number of amides is 2. The van der Waals surface area contributed by atoms with Crippen molar-refractivity contribution in [1.29, 1.82) is 0 Å². The van der Waals surface area contributed by atoms with Gasteiger partial charge in [-0.15, -0.1) is 0 Å². The van der Waals surface area contributed by atoms with Crippen LogP contribution in [0.5, 0.6) is 5.88 Å². The highest BCUT2D eigenvalue weighted by atomic mass is 16.5. The van der Waals surface area contributed by atoms with E-state index >= 15 is 0 Å². The number of nitrogens with two attached hydrogens (primary N) is 1. The summed E-state index contributed by atoms with van der Waals surface area (Å²) in [6.07, 6.45) is 6.13. The van der Waals surface area contributed by atoms with Gasteiger partial charge in [0.25, 0.3) is 0 Å². The number of anilines is 1. The molecule has 2 heterocycles. The number of ether oxygens (including phenoxy) is 1. The molecule has 0 radical (unpaired) electrons. The van der Waals surface area contributed by atoms with E-state index in [-0.39, 0.29) is 17.3 Å². The Balaban J connectivity index is 1.81. The minimum Gasteiger partial charge on any atom is -0.476 e. The summed E-state index contributed by atoms with van der Waals surface area (Å²) in [4.78, 5) is 26.4. The lowest BCUT2D eigenvalue weighted by atomic mass is 9.90. The molecule has 0 atom stereocenters. The number of nitrogen functional groups attached to an aromatic ring is 1. The van der Waals surface area contributed by atoms with Gasteiger partial charge in [-0.2, -0.15) is 20.0 Å². The van der Waals surface area contributed by atoms with Gasteiger partial charge < -0.3 is 10.5 Å². The molecule has 2 amide bonds. The number of carbonyl (C=O) groups is 1. The number of aromatic nitrogens is 2. The van der Waals surface area contributed by atoms with Crippen molar-refractivity contribution in [2.45, 2.75) is 32.1 Å². The van der Waals surface area contributed by atoms with Gasteiger partial charge in [0.1, 0.15) is 0 Å². The minimum atomic E-state index is -0.586. The summed E-state index contributed by atoms with van der Waals surface area (Å²) >= 11 is 0. The van der Waals surface area contributed by atoms with Crippen LogP contribution >= 0.6 is 0 Å². The number of urea groups is 1. The molecule has 1 fully saturated rings. The molecule has 0 bridgehead atoms. The topological polar surface area (TPSA) is 103 Å². The Hall–Kier alpha value is -2.05. The standard InChI is InChI=1S/C12H15N5O2/c13-11-15-9-8(14-12(18)16-9)10(17-11)19-6-7-4-2-1-3-5-7/h7H,1-6H2,(H2,13,15,16,18). The van der Waals surface area contributed by atoms with E-state index in [0.717, 1.165) is 0 Å². The normalized spacial score (nSPS) is 18.6. The highest BCUT2D eigenvalue weighted by molar-refractivity contribution is 5.77. The van der Waals surface area contributed by atoms with Crippen LogP contribution in [0.3, 0.4) is 0 Å². The van der Waals surface area contributed by atoms with E-state index in [9.17, 15) is 4.79 Å². The Labute approximate surface area is 109 Å². The zero-order chi connectivity index (χ0) is 13.2. The van der Waals surface area contributed by atoms with Crippen molar-refractivity contribution in [2.75, 3.05) is 12.3 Å². The Morgan fingerprint density at radius 2 is 1.95 bits per heavy atom. The van der Waals surface area contributed by atoms with Crippen molar-refractivity contribution >= 4 is 12.0 Å². The molecule has 1 aliphatic heterocycles. The second-order valence-electron chi connectivity index (χ2n) is 4.88. The summed E-state index contributed by atoms with van der Waals surface area (Å²) in [5, 5.41) is 0.301. The van der Waals surface area contributed by atoms with Crippen LogP contribution in [-0.4, -0.2) is 22.6 Å². The molecule has 100 valence electrons. The second kappa shape index (κ2) is 4.91. The first kappa shape index (κ1) is 12.0. The molecule has 7 nitrogen and oxygen atoms in total. The third-order valence-corrected chi connectivity index (χ3v) is 3.44. The molecule has 3 rings (SSSR count). The maximum atomic E-state index is 11.2. The van der Waals surface area contributed by atoms with Gasteiger partial charge in [0.2, 0.25) is 11.8 Å². The molecule has 19 heavy (non-hydrogen) atoms. The number of hydrogen-bond acceptors (Lipinski definition) is 5. The Morgan fingerprint density at radius 3 is 2.74 bits per heavy atom. The van der Waals surface area contributed by atoms with Gasteiger partial charge in [-0.05, 0) is 18.8 Å². The average molecular weight is 261 g/mol. The zero-order valence-corrected chi connectivity index (χ0v) is 10.5. The number of carbonyl (C=O) groups excluding carboxylic acids is 1. The maximum Gasteiger partial charge on any atom is 0.370 e. The molecule has 7 heteroatoms. The highest BCUT2D eigenvalue weighted by Crippen LogP contribution is 2.23. The molecule has 1 saturated carbocycles. The predicted molar refractivity (Wildman–Crippen MR) is 66.2 cm³/mol. The van der Waals surface area contributed by atoms with Gasteiger partial charge in [0, 0.05) is 0 Å². The Bertz CT molecular complexity index is 622. The SMILES string of the molecule is Nc1nc(OCC2CCCCC2)c2c(n1)=NC(=O)N=2. The molecule has 1 aromatic heterocycles. The van der Waals surface area contributed by atoms with Gasteiger partial charge >= 0.3 is 6.03 Å². The molecule has 0 spiro atoms. The molecule has 2 aliphatic rings. The van der Waals surface area contributed by atoms with Crippen LogP contribution in [-0.2, 0) is 0 Å². The van der Waals surface area contributed by atoms with Crippen molar-refractivity contribution in [3.05, 3.63) is 10.8 Å². The molecule has 0 aromatic carbocycles. The third-order valence-electron chi connectivity index (χ3n) is 3.44. The molecular weight excluding hydrogens is 246 g/mol. The largest absolute Gasteiger partial charge is 0.476 e. The van der Waals surface area contributed by atoms with E-state index in [1.54, 1.807) is 0 Å². The van der Waals surface area contributed by atoms with Gasteiger partial charge in [-0.1, -0.05) is 19.3 Å². The van der Waals surface area contributed by atoms with Gasteiger partial charge in [0.15, 0.2) is 10.8 Å². The molecule has 1 aromatic rings. The first-order chi connectivity index (χ1) is 9.22. The molecule has 2 N–H and O–H groups in total. The van der Waals surface area contributed by atoms with Crippen molar-refractivity contribution < 1.29 is 9.53 Å². The minimum absolute atomic E-state index is 0.0473. The number of hydrogen-bond donors (Lipinski definition) is 1. The Morgan fingerprint density at radius 1 is 1.16 bits per heavy atom. The van der Waals surface area contributed by atoms with Crippen LogP contribution in [0.2, 0.25) is 0 Å². The summed E-state index contributed by atoms with van der Waals surface area (Å²) in [6.45, 7) is 0.576. The van der Waals surface area contributed by atoms with Gasteiger partial charge in [-0.25, -0.2) is 4.79 Å². The fourth-order valence-corrected chi connectivity index (χ4v) is 2.48. The van der Waals surface area contributed by atoms with Crippen molar-refractivity contribution in [3.63, 3.8) is 0 Å². The van der Waals surface area contributed by atoms with E-state index in [0.29, 0.717) is 17.9 Å². The maximum absolute atomic E-state index is 11.2. The summed E-state index contributed by atoms with van der Waals surface area (Å²) in [5.74, 6) is 0.850. The summed E-state index contributed by atoms with van der Waals surface area (Å²) < 4.78 is 5.68. The lowest BCUT2D eigenvalue weighted by Crippen LogP contribution is -2.31. The van der Waals surface area contributed by atoms with Crippen LogP contribution in [0.1, 0.15) is 32.1 Å². The smallest absolute Gasteiger partial charge is 0.370 e. The number of fused-ring (bicyclic) bond motifs is 1. The van der Waals surface area contributed by atoms with E-state index in [2.05, 4.69) is 20.0 Å². The van der Waals surface area contributed by atoms with Crippen LogP contribution in [0.25, 0.3) is 0 Å².